The maximum atomic E-state index is 9.93. The first kappa shape index (κ1) is 18.8. The Labute approximate surface area is 115 Å². The molecule has 0 aliphatic carbocycles. The van der Waals surface area contributed by atoms with Crippen molar-refractivity contribution in [2.24, 2.45) is 0 Å². The molecule has 0 radical (unpaired) electrons. The van der Waals surface area contributed by atoms with Gasteiger partial charge in [0.05, 0.1) is 0 Å². The molecule has 9 heteroatoms. The zero-order valence-electron chi connectivity index (χ0n) is 4.55. The topological polar surface area (TPSA) is 112 Å². The second-order valence-electron chi connectivity index (χ2n) is 1.33. The fourth-order valence-corrected chi connectivity index (χ4v) is 0.623. The van der Waals surface area contributed by atoms with Gasteiger partial charge in [-0.05, 0) is 0 Å². The number of carbonyl (C=O) groups is 2. The van der Waals surface area contributed by atoms with E-state index in [9.17, 15) is 13.8 Å². The summed E-state index contributed by atoms with van der Waals surface area (Å²) in [6.45, 7) is 0. The van der Waals surface area contributed by atoms with Crippen LogP contribution in [0.15, 0.2) is 0 Å². The van der Waals surface area contributed by atoms with Gasteiger partial charge in [-0.15, -0.1) is 0 Å². The molecule has 0 amide bonds. The van der Waals surface area contributed by atoms with Crippen LogP contribution in [-0.4, -0.2) is 95.3 Å². The normalized spacial score (nSPS) is 10.8. The summed E-state index contributed by atoms with van der Waals surface area (Å²) >= 11 is -2.86. The van der Waals surface area contributed by atoms with Crippen molar-refractivity contribution < 1.29 is 28.6 Å². The molecule has 0 saturated heterocycles. The van der Waals surface area contributed by atoms with E-state index in [0.717, 1.165) is 0 Å². The van der Waals surface area contributed by atoms with Gasteiger partial charge in [-0.2, -0.15) is 0 Å². The van der Waals surface area contributed by atoms with E-state index in [1.54, 1.807) is 0 Å². The van der Waals surface area contributed by atoms with Crippen molar-refractivity contribution in [1.29, 1.82) is 0 Å². The van der Waals surface area contributed by atoms with Crippen LogP contribution in [0.5, 0.6) is 0 Å². The molecular weight excluding hydrogens is 210 g/mol. The standard InChI is InChI=1S/C3H4O6S.2Na.2H/c4-2(5)1(3(6)7)10(8)9;;;;/h1H,(H,4,5)(H,6,7)(H,8,9);;;;. The van der Waals surface area contributed by atoms with Gasteiger partial charge in [0.2, 0.25) is 0 Å². The minimum absolute atomic E-state index is 0. The maximum absolute atomic E-state index is 9.93. The number of hydrogen-bond donors (Lipinski definition) is 3. The number of rotatable bonds is 3. The van der Waals surface area contributed by atoms with Gasteiger partial charge in [-0.3, -0.25) is 9.59 Å². The number of carboxylic acids is 2. The fraction of sp³-hybridized carbons (Fsp3) is 0.333. The molecule has 3 N–H and O–H groups in total. The summed E-state index contributed by atoms with van der Waals surface area (Å²) in [5.74, 6) is -3.65. The second-order valence-corrected chi connectivity index (χ2v) is 2.36. The Hall–Kier alpha value is 1.05. The number of aliphatic carboxylic acids is 2. The van der Waals surface area contributed by atoms with Crippen LogP contribution in [0.4, 0.5) is 0 Å². The Kier molecular flexibility index (Phi) is 13.5. The van der Waals surface area contributed by atoms with Crippen molar-refractivity contribution in [2.45, 2.75) is 5.25 Å². The van der Waals surface area contributed by atoms with Crippen molar-refractivity contribution in [1.82, 2.24) is 0 Å². The molecule has 0 aromatic heterocycles. The molecule has 0 rings (SSSR count). The van der Waals surface area contributed by atoms with Crippen LogP contribution in [0.2, 0.25) is 0 Å². The average Bonchev–Trinajstić information content (AvgIpc) is 1.59. The summed E-state index contributed by atoms with van der Waals surface area (Å²) in [7, 11) is 0. The summed E-state index contributed by atoms with van der Waals surface area (Å²) < 4.78 is 18.0. The zero-order valence-corrected chi connectivity index (χ0v) is 5.37. The molecule has 0 saturated carbocycles. The van der Waals surface area contributed by atoms with E-state index in [1.165, 1.54) is 0 Å². The van der Waals surface area contributed by atoms with E-state index < -0.39 is 28.3 Å². The summed E-state index contributed by atoms with van der Waals surface area (Å²) in [6.07, 6.45) is 0. The van der Waals surface area contributed by atoms with E-state index in [1.807, 2.05) is 0 Å². The van der Waals surface area contributed by atoms with Crippen molar-refractivity contribution in [3.8, 4) is 0 Å². The Morgan fingerprint density at radius 2 is 1.33 bits per heavy atom. The average molecular weight is 216 g/mol. The molecule has 1 atom stereocenters. The number of carboxylic acid groups (broad SMARTS) is 2. The van der Waals surface area contributed by atoms with Crippen LogP contribution in [0.1, 0.15) is 0 Å². The van der Waals surface area contributed by atoms with Gasteiger partial charge in [-0.25, -0.2) is 4.21 Å². The fourth-order valence-electron chi connectivity index (χ4n) is 0.278. The molecule has 6 nitrogen and oxygen atoms in total. The predicted molar refractivity (Wildman–Crippen MR) is 44.1 cm³/mol. The summed E-state index contributed by atoms with van der Waals surface area (Å²) in [5, 5.41) is 13.7. The molecule has 0 aliphatic rings. The quantitative estimate of drug-likeness (QED) is 0.272. The van der Waals surface area contributed by atoms with Gasteiger partial charge in [0.1, 0.15) is 0 Å². The molecule has 0 aliphatic heterocycles. The molecule has 0 aromatic rings. The molecule has 0 heterocycles. The van der Waals surface area contributed by atoms with E-state index >= 15 is 0 Å². The van der Waals surface area contributed by atoms with Gasteiger partial charge < -0.3 is 14.8 Å². The van der Waals surface area contributed by atoms with E-state index in [2.05, 4.69) is 0 Å². The third-order valence-electron chi connectivity index (χ3n) is 0.650. The van der Waals surface area contributed by atoms with Crippen molar-refractivity contribution >= 4 is 82.1 Å². The Bertz CT molecular complexity index is 160. The van der Waals surface area contributed by atoms with Crippen LogP contribution in [0, 0.1) is 0 Å². The first-order valence-electron chi connectivity index (χ1n) is 2.02. The molecule has 62 valence electrons. The predicted octanol–water partition coefficient (Wildman–Crippen LogP) is -2.55. The van der Waals surface area contributed by atoms with E-state index in [0.29, 0.717) is 0 Å². The van der Waals surface area contributed by atoms with Crippen LogP contribution >= 0.6 is 0 Å². The SMILES string of the molecule is O=C(O)C(C(=O)O)S(=O)O.[NaH].[NaH]. The molecule has 0 bridgehead atoms. The molecule has 12 heavy (non-hydrogen) atoms. The monoisotopic (exact) mass is 216 g/mol. The van der Waals surface area contributed by atoms with Crippen LogP contribution in [0.3, 0.4) is 0 Å². The van der Waals surface area contributed by atoms with Crippen molar-refractivity contribution in [3.05, 3.63) is 0 Å². The molecule has 1 unspecified atom stereocenters. The molecule has 0 spiro atoms. The Morgan fingerprint density at radius 1 is 1.08 bits per heavy atom. The zero-order chi connectivity index (χ0) is 8.31. The van der Waals surface area contributed by atoms with Crippen molar-refractivity contribution in [2.75, 3.05) is 0 Å². The van der Waals surface area contributed by atoms with E-state index in [-0.39, 0.29) is 59.1 Å². The summed E-state index contributed by atoms with van der Waals surface area (Å²) in [4.78, 5) is 19.7. The van der Waals surface area contributed by atoms with Crippen LogP contribution in [0.25, 0.3) is 0 Å². The van der Waals surface area contributed by atoms with Crippen molar-refractivity contribution in [3.63, 3.8) is 0 Å². The minimum atomic E-state index is -2.86. The van der Waals surface area contributed by atoms with E-state index in [4.69, 9.17) is 14.8 Å². The van der Waals surface area contributed by atoms with Gasteiger partial charge >= 0.3 is 71.1 Å². The molecule has 0 aromatic carbocycles. The van der Waals surface area contributed by atoms with Gasteiger partial charge in [0, 0.05) is 0 Å². The summed E-state index contributed by atoms with van der Waals surface area (Å²) in [6, 6.07) is 0. The summed E-state index contributed by atoms with van der Waals surface area (Å²) in [5.41, 5.74) is 0. The Balaban J connectivity index is -0.000000405. The van der Waals surface area contributed by atoms with Gasteiger partial charge in [-0.1, -0.05) is 0 Å². The van der Waals surface area contributed by atoms with Gasteiger partial charge in [0.15, 0.2) is 11.1 Å². The second kappa shape index (κ2) is 8.64. The van der Waals surface area contributed by atoms with Gasteiger partial charge in [0.25, 0.3) is 5.25 Å². The third-order valence-corrected chi connectivity index (χ3v) is 1.46. The number of hydrogen-bond acceptors (Lipinski definition) is 3. The first-order chi connectivity index (χ1) is 4.46. The first-order valence-corrected chi connectivity index (χ1v) is 3.19. The Morgan fingerprint density at radius 3 is 1.33 bits per heavy atom. The van der Waals surface area contributed by atoms with Crippen LogP contribution in [-0.2, 0) is 20.7 Å². The third kappa shape index (κ3) is 6.55. The molecular formula is C3H6Na2O6S. The molecule has 0 fully saturated rings. The van der Waals surface area contributed by atoms with Crippen LogP contribution < -0.4 is 0 Å².